The molecule has 0 unspecified atom stereocenters. The first kappa shape index (κ1) is 15.9. The number of carbonyl (C=O) groups excluding carboxylic acids is 1. The fourth-order valence-electron chi connectivity index (χ4n) is 5.32. The second kappa shape index (κ2) is 5.20. The first-order valence-corrected chi connectivity index (χ1v) is 8.76. The molecule has 130 valence electrons. The minimum absolute atomic E-state index is 0.0837. The van der Waals surface area contributed by atoms with Crippen LogP contribution in [0.5, 0.6) is 11.5 Å². The molecule has 1 saturated carbocycles. The lowest BCUT2D eigenvalue weighted by Gasteiger charge is -2.56. The van der Waals surface area contributed by atoms with Crippen LogP contribution in [0.3, 0.4) is 0 Å². The number of aliphatic hydroxyl groups is 1. The van der Waals surface area contributed by atoms with E-state index in [0.29, 0.717) is 30.8 Å². The molecular formula is C19H25NO4. The van der Waals surface area contributed by atoms with E-state index in [1.807, 2.05) is 13.1 Å². The van der Waals surface area contributed by atoms with Crippen LogP contribution in [-0.4, -0.2) is 43.3 Å². The standard InChI is InChI=1S/C19H25NO4/c1-11-10-12-4-5-14(23-3)16-15(12)18(8-9-20-2)17(24-16)13(21)6-7-19(11,18)22/h4-5,11,17,20,22H,6-10H2,1-3H3/t11-,17+,18+,19-/m1/s1. The van der Waals surface area contributed by atoms with Crippen molar-refractivity contribution in [2.24, 2.45) is 5.92 Å². The number of hydrogen-bond acceptors (Lipinski definition) is 5. The van der Waals surface area contributed by atoms with Crippen LogP contribution in [0.25, 0.3) is 0 Å². The molecule has 4 atom stereocenters. The van der Waals surface area contributed by atoms with Gasteiger partial charge in [0, 0.05) is 12.0 Å². The van der Waals surface area contributed by atoms with Crippen LogP contribution in [0.4, 0.5) is 0 Å². The summed E-state index contributed by atoms with van der Waals surface area (Å²) in [4.78, 5) is 12.7. The van der Waals surface area contributed by atoms with Gasteiger partial charge in [-0.05, 0) is 50.4 Å². The Morgan fingerprint density at radius 3 is 2.96 bits per heavy atom. The Bertz CT molecular complexity index is 703. The van der Waals surface area contributed by atoms with Crippen molar-refractivity contribution in [3.05, 3.63) is 23.3 Å². The van der Waals surface area contributed by atoms with Gasteiger partial charge in [-0.3, -0.25) is 4.79 Å². The average molecular weight is 331 g/mol. The first-order chi connectivity index (χ1) is 11.5. The molecule has 1 heterocycles. The van der Waals surface area contributed by atoms with Gasteiger partial charge in [0.1, 0.15) is 0 Å². The fourth-order valence-corrected chi connectivity index (χ4v) is 5.32. The maximum atomic E-state index is 12.7. The lowest BCUT2D eigenvalue weighted by atomic mass is 9.49. The quantitative estimate of drug-likeness (QED) is 0.877. The van der Waals surface area contributed by atoms with Crippen molar-refractivity contribution in [2.45, 2.75) is 49.7 Å². The zero-order valence-electron chi connectivity index (χ0n) is 14.5. The number of carbonyl (C=O) groups is 1. The molecule has 1 aromatic rings. The monoisotopic (exact) mass is 331 g/mol. The van der Waals surface area contributed by atoms with Crippen LogP contribution in [-0.2, 0) is 16.6 Å². The summed E-state index contributed by atoms with van der Waals surface area (Å²) in [6.07, 6.45) is 1.74. The number of benzene rings is 1. The van der Waals surface area contributed by atoms with Gasteiger partial charge in [-0.15, -0.1) is 0 Å². The molecule has 5 nitrogen and oxygen atoms in total. The molecule has 1 aliphatic heterocycles. The molecule has 2 N–H and O–H groups in total. The number of ether oxygens (including phenoxy) is 2. The maximum Gasteiger partial charge on any atom is 0.174 e. The molecule has 2 aliphatic carbocycles. The van der Waals surface area contributed by atoms with Gasteiger partial charge in [-0.2, -0.15) is 0 Å². The molecule has 0 saturated heterocycles. The lowest BCUT2D eigenvalue weighted by Crippen LogP contribution is -2.68. The average Bonchev–Trinajstić information content (AvgIpc) is 2.94. The zero-order chi connectivity index (χ0) is 17.1. The highest BCUT2D eigenvalue weighted by Crippen LogP contribution is 2.63. The molecule has 0 aromatic heterocycles. The molecule has 0 radical (unpaired) electrons. The normalized spacial score (nSPS) is 36.2. The van der Waals surface area contributed by atoms with E-state index < -0.39 is 17.1 Å². The number of ketones is 1. The first-order valence-electron chi connectivity index (χ1n) is 8.76. The Balaban J connectivity index is 2.02. The van der Waals surface area contributed by atoms with Gasteiger partial charge in [0.05, 0.1) is 18.1 Å². The molecule has 3 aliphatic rings. The lowest BCUT2D eigenvalue weighted by molar-refractivity contribution is -0.164. The fraction of sp³-hybridized carbons (Fsp3) is 0.632. The van der Waals surface area contributed by atoms with Gasteiger partial charge in [-0.25, -0.2) is 0 Å². The van der Waals surface area contributed by atoms with Gasteiger partial charge < -0.3 is 19.9 Å². The third kappa shape index (κ3) is 1.69. The van der Waals surface area contributed by atoms with Crippen LogP contribution in [0.1, 0.15) is 37.3 Å². The molecule has 0 spiro atoms. The number of nitrogens with one attached hydrogen (secondary N) is 1. The van der Waals surface area contributed by atoms with E-state index in [1.165, 1.54) is 5.56 Å². The van der Waals surface area contributed by atoms with E-state index in [-0.39, 0.29) is 11.7 Å². The van der Waals surface area contributed by atoms with Gasteiger partial charge >= 0.3 is 0 Å². The summed E-state index contributed by atoms with van der Waals surface area (Å²) < 4.78 is 11.7. The Hall–Kier alpha value is -1.59. The SMILES string of the molecule is CNCC[C@]12c3c4ccc(OC)c3O[C@H]1C(=O)CC[C@@]2(O)[C@H](C)C4. The number of methoxy groups -OCH3 is 1. The Morgan fingerprint density at radius 1 is 1.46 bits per heavy atom. The Kier molecular flexibility index (Phi) is 3.45. The predicted octanol–water partition coefficient (Wildman–Crippen LogP) is 1.59. The minimum atomic E-state index is -0.924. The van der Waals surface area contributed by atoms with Crippen LogP contribution in [0, 0.1) is 5.92 Å². The summed E-state index contributed by atoms with van der Waals surface area (Å²) in [5, 5.41) is 15.0. The van der Waals surface area contributed by atoms with Crippen molar-refractivity contribution in [1.82, 2.24) is 5.32 Å². The minimum Gasteiger partial charge on any atom is -0.493 e. The molecule has 24 heavy (non-hydrogen) atoms. The summed E-state index contributed by atoms with van der Waals surface area (Å²) in [7, 11) is 3.51. The van der Waals surface area contributed by atoms with E-state index in [9.17, 15) is 9.90 Å². The summed E-state index contributed by atoms with van der Waals surface area (Å²) in [6, 6.07) is 3.98. The van der Waals surface area contributed by atoms with Gasteiger partial charge in [0.15, 0.2) is 23.4 Å². The summed E-state index contributed by atoms with van der Waals surface area (Å²) in [6.45, 7) is 2.82. The topological polar surface area (TPSA) is 67.8 Å². The largest absolute Gasteiger partial charge is 0.493 e. The van der Waals surface area contributed by atoms with E-state index in [4.69, 9.17) is 9.47 Å². The third-order valence-electron chi connectivity index (χ3n) is 6.49. The van der Waals surface area contributed by atoms with Crippen molar-refractivity contribution in [1.29, 1.82) is 0 Å². The third-order valence-corrected chi connectivity index (χ3v) is 6.49. The molecule has 0 bridgehead atoms. The van der Waals surface area contributed by atoms with Crippen molar-refractivity contribution in [3.63, 3.8) is 0 Å². The zero-order valence-corrected chi connectivity index (χ0v) is 14.5. The number of rotatable bonds is 4. The maximum absolute atomic E-state index is 12.7. The summed E-state index contributed by atoms with van der Waals surface area (Å²) in [5.41, 5.74) is 0.585. The van der Waals surface area contributed by atoms with Crippen LogP contribution < -0.4 is 14.8 Å². The highest BCUT2D eigenvalue weighted by molar-refractivity contribution is 5.89. The van der Waals surface area contributed by atoms with Crippen LogP contribution >= 0.6 is 0 Å². The highest BCUT2D eigenvalue weighted by atomic mass is 16.5. The van der Waals surface area contributed by atoms with Gasteiger partial charge in [0.25, 0.3) is 0 Å². The van der Waals surface area contributed by atoms with Crippen molar-refractivity contribution in [2.75, 3.05) is 20.7 Å². The number of Topliss-reactive ketones (excluding diaryl/α,β-unsaturated/α-hetero) is 1. The Labute approximate surface area is 142 Å². The molecule has 5 heteroatoms. The second-order valence-electron chi connectivity index (χ2n) is 7.45. The summed E-state index contributed by atoms with van der Waals surface area (Å²) >= 11 is 0. The van der Waals surface area contributed by atoms with Crippen LogP contribution in [0.15, 0.2) is 12.1 Å². The Morgan fingerprint density at radius 2 is 2.25 bits per heavy atom. The predicted molar refractivity (Wildman–Crippen MR) is 89.7 cm³/mol. The molecule has 4 rings (SSSR count). The van der Waals surface area contributed by atoms with Gasteiger partial charge in [-0.1, -0.05) is 13.0 Å². The van der Waals surface area contributed by atoms with Gasteiger partial charge in [0.2, 0.25) is 0 Å². The molecular weight excluding hydrogens is 306 g/mol. The summed E-state index contributed by atoms with van der Waals surface area (Å²) in [5.74, 6) is 1.49. The van der Waals surface area contributed by atoms with E-state index in [2.05, 4.69) is 18.3 Å². The smallest absolute Gasteiger partial charge is 0.174 e. The van der Waals surface area contributed by atoms with E-state index in [0.717, 1.165) is 18.5 Å². The number of hydrogen-bond donors (Lipinski definition) is 2. The van der Waals surface area contributed by atoms with Crippen molar-refractivity contribution < 1.29 is 19.4 Å². The molecule has 1 fully saturated rings. The highest BCUT2D eigenvalue weighted by Gasteiger charge is 2.69. The van der Waals surface area contributed by atoms with Crippen molar-refractivity contribution in [3.8, 4) is 11.5 Å². The van der Waals surface area contributed by atoms with Crippen molar-refractivity contribution >= 4 is 5.78 Å². The van der Waals surface area contributed by atoms with Crippen LogP contribution in [0.2, 0.25) is 0 Å². The van der Waals surface area contributed by atoms with E-state index in [1.54, 1.807) is 7.11 Å². The van der Waals surface area contributed by atoms with E-state index >= 15 is 0 Å². The molecule has 1 aromatic carbocycles. The second-order valence-corrected chi connectivity index (χ2v) is 7.45. The molecule has 0 amide bonds.